The predicted octanol–water partition coefficient (Wildman–Crippen LogP) is 5.46. The lowest BCUT2D eigenvalue weighted by molar-refractivity contribution is 0.0892. The Hall–Kier alpha value is -2.88. The molecule has 4 nitrogen and oxygen atoms in total. The van der Waals surface area contributed by atoms with E-state index in [1.165, 1.54) is 12.8 Å². The molecule has 150 valence electrons. The first-order valence-corrected chi connectivity index (χ1v) is 10.4. The summed E-state index contributed by atoms with van der Waals surface area (Å²) in [6.07, 6.45) is 3.46. The minimum absolute atomic E-state index is 0.00990. The molecule has 1 aromatic heterocycles. The number of amides is 1. The molecule has 1 heterocycles. The van der Waals surface area contributed by atoms with Gasteiger partial charge in [-0.1, -0.05) is 44.9 Å². The van der Waals surface area contributed by atoms with Crippen molar-refractivity contribution >= 4 is 16.8 Å². The minimum atomic E-state index is -0.00990. The number of ether oxygens (including phenoxy) is 1. The zero-order valence-electron chi connectivity index (χ0n) is 17.3. The summed E-state index contributed by atoms with van der Waals surface area (Å²) < 4.78 is 5.26. The fourth-order valence-electron chi connectivity index (χ4n) is 4.30. The molecule has 29 heavy (non-hydrogen) atoms. The van der Waals surface area contributed by atoms with Crippen LogP contribution in [0.4, 0.5) is 0 Å². The number of carbonyl (C=O) groups excluding carboxylic acids is 1. The van der Waals surface area contributed by atoms with E-state index in [2.05, 4.69) is 19.2 Å². The molecule has 0 aliphatic heterocycles. The van der Waals surface area contributed by atoms with E-state index in [0.29, 0.717) is 17.4 Å². The Morgan fingerprint density at radius 2 is 1.83 bits per heavy atom. The number of aromatic nitrogens is 1. The third kappa shape index (κ3) is 3.98. The molecule has 1 N–H and O–H groups in total. The summed E-state index contributed by atoms with van der Waals surface area (Å²) >= 11 is 0. The van der Waals surface area contributed by atoms with Crippen molar-refractivity contribution in [1.29, 1.82) is 0 Å². The van der Waals surface area contributed by atoms with Gasteiger partial charge in [0, 0.05) is 17.0 Å². The summed E-state index contributed by atoms with van der Waals surface area (Å²) in [6, 6.07) is 17.8. The average molecular weight is 389 g/mol. The fraction of sp³-hybridized carbons (Fsp3) is 0.360. The standard InChI is InChI=1S/C25H28N2O2/c1-16-7-6-10-22(17(16)2)27-25(28)21-15-24(18-11-13-19(29-3)14-12-18)26-23-9-5-4-8-20(21)23/h4-5,8-9,11-17,22H,6-7,10H2,1-3H3,(H,27,28). The first kappa shape index (κ1) is 19.4. The molecule has 1 aliphatic carbocycles. The van der Waals surface area contributed by atoms with Crippen molar-refractivity contribution in [3.63, 3.8) is 0 Å². The Morgan fingerprint density at radius 1 is 1.07 bits per heavy atom. The van der Waals surface area contributed by atoms with E-state index in [1.54, 1.807) is 7.11 Å². The smallest absolute Gasteiger partial charge is 0.252 e. The second-order valence-electron chi connectivity index (χ2n) is 8.15. The number of benzene rings is 2. The van der Waals surface area contributed by atoms with Crippen molar-refractivity contribution < 1.29 is 9.53 Å². The minimum Gasteiger partial charge on any atom is -0.497 e. The third-order valence-electron chi connectivity index (χ3n) is 6.37. The zero-order chi connectivity index (χ0) is 20.4. The summed E-state index contributed by atoms with van der Waals surface area (Å²) in [5.74, 6) is 1.91. The molecule has 1 amide bonds. The number of pyridine rings is 1. The van der Waals surface area contributed by atoms with Gasteiger partial charge in [-0.05, 0) is 54.7 Å². The van der Waals surface area contributed by atoms with Crippen molar-refractivity contribution in [3.8, 4) is 17.0 Å². The molecule has 4 heteroatoms. The second kappa shape index (κ2) is 8.24. The van der Waals surface area contributed by atoms with E-state index in [4.69, 9.17) is 9.72 Å². The molecule has 1 fully saturated rings. The lowest BCUT2D eigenvalue weighted by Gasteiger charge is -2.34. The fourth-order valence-corrected chi connectivity index (χ4v) is 4.30. The van der Waals surface area contributed by atoms with Gasteiger partial charge in [-0.2, -0.15) is 0 Å². The number of nitrogens with one attached hydrogen (secondary N) is 1. The van der Waals surface area contributed by atoms with E-state index < -0.39 is 0 Å². The van der Waals surface area contributed by atoms with Crippen molar-refractivity contribution in [2.75, 3.05) is 7.11 Å². The van der Waals surface area contributed by atoms with Crippen LogP contribution in [0.15, 0.2) is 54.6 Å². The second-order valence-corrected chi connectivity index (χ2v) is 8.15. The van der Waals surface area contributed by atoms with Gasteiger partial charge in [0.2, 0.25) is 0 Å². The summed E-state index contributed by atoms with van der Waals surface area (Å²) in [4.78, 5) is 18.1. The number of hydrogen-bond donors (Lipinski definition) is 1. The molecule has 3 aromatic rings. The number of methoxy groups -OCH3 is 1. The summed E-state index contributed by atoms with van der Waals surface area (Å²) in [7, 11) is 1.65. The number of hydrogen-bond acceptors (Lipinski definition) is 3. The highest BCUT2D eigenvalue weighted by atomic mass is 16.5. The summed E-state index contributed by atoms with van der Waals surface area (Å²) in [5.41, 5.74) is 3.27. The Kier molecular flexibility index (Phi) is 5.52. The van der Waals surface area contributed by atoms with Crippen LogP contribution in [0.5, 0.6) is 5.75 Å². The maximum Gasteiger partial charge on any atom is 0.252 e. The molecule has 0 bridgehead atoms. The maximum absolute atomic E-state index is 13.3. The normalized spacial score (nSPS) is 21.7. The monoisotopic (exact) mass is 388 g/mol. The first-order valence-electron chi connectivity index (χ1n) is 10.4. The van der Waals surface area contributed by atoms with Crippen LogP contribution in [0.1, 0.15) is 43.5 Å². The van der Waals surface area contributed by atoms with E-state index in [0.717, 1.165) is 34.3 Å². The summed E-state index contributed by atoms with van der Waals surface area (Å²) in [5, 5.41) is 4.21. The zero-order valence-corrected chi connectivity index (χ0v) is 17.3. The number of para-hydroxylation sites is 1. The molecule has 3 unspecified atom stereocenters. The van der Waals surface area contributed by atoms with Gasteiger partial charge in [-0.3, -0.25) is 4.79 Å². The molecule has 0 radical (unpaired) electrons. The Balaban J connectivity index is 1.71. The molecule has 0 spiro atoms. The number of fused-ring (bicyclic) bond motifs is 1. The highest BCUT2D eigenvalue weighted by Crippen LogP contribution is 2.31. The van der Waals surface area contributed by atoms with Crippen molar-refractivity contribution in [2.45, 2.75) is 39.2 Å². The van der Waals surface area contributed by atoms with Crippen molar-refractivity contribution in [2.24, 2.45) is 11.8 Å². The highest BCUT2D eigenvalue weighted by Gasteiger charge is 2.29. The molecule has 0 saturated heterocycles. The summed E-state index contributed by atoms with van der Waals surface area (Å²) in [6.45, 7) is 4.54. The van der Waals surface area contributed by atoms with Crippen molar-refractivity contribution in [1.82, 2.24) is 10.3 Å². The van der Waals surface area contributed by atoms with E-state index >= 15 is 0 Å². The topological polar surface area (TPSA) is 51.2 Å². The first-order chi connectivity index (χ1) is 14.1. The van der Waals surface area contributed by atoms with Gasteiger partial charge >= 0.3 is 0 Å². The predicted molar refractivity (Wildman–Crippen MR) is 117 cm³/mol. The number of rotatable bonds is 4. The third-order valence-corrected chi connectivity index (χ3v) is 6.37. The van der Waals surface area contributed by atoms with Gasteiger partial charge < -0.3 is 10.1 Å². The lowest BCUT2D eigenvalue weighted by Crippen LogP contribution is -2.43. The van der Waals surface area contributed by atoms with Gasteiger partial charge in [0.1, 0.15) is 5.75 Å². The van der Waals surface area contributed by atoms with E-state index in [-0.39, 0.29) is 11.9 Å². The van der Waals surface area contributed by atoms with Gasteiger partial charge in [0.15, 0.2) is 0 Å². The molecule has 3 atom stereocenters. The largest absolute Gasteiger partial charge is 0.497 e. The van der Waals surface area contributed by atoms with Crippen LogP contribution in [-0.4, -0.2) is 24.0 Å². The molecule has 2 aromatic carbocycles. The molecule has 4 rings (SSSR count). The molecular weight excluding hydrogens is 360 g/mol. The number of carbonyl (C=O) groups is 1. The van der Waals surface area contributed by atoms with Crippen LogP contribution in [0.2, 0.25) is 0 Å². The van der Waals surface area contributed by atoms with Crippen LogP contribution < -0.4 is 10.1 Å². The van der Waals surface area contributed by atoms with Crippen LogP contribution in [0.3, 0.4) is 0 Å². The van der Waals surface area contributed by atoms with Crippen LogP contribution in [0.25, 0.3) is 22.2 Å². The quantitative estimate of drug-likeness (QED) is 0.645. The maximum atomic E-state index is 13.3. The van der Waals surface area contributed by atoms with Crippen molar-refractivity contribution in [3.05, 3.63) is 60.2 Å². The van der Waals surface area contributed by atoms with Gasteiger partial charge in [-0.25, -0.2) is 4.98 Å². The van der Waals surface area contributed by atoms with Gasteiger partial charge in [0.05, 0.1) is 23.9 Å². The Bertz CT molecular complexity index is 1010. The highest BCUT2D eigenvalue weighted by molar-refractivity contribution is 6.07. The van der Waals surface area contributed by atoms with Gasteiger partial charge in [-0.15, -0.1) is 0 Å². The average Bonchev–Trinajstić information content (AvgIpc) is 2.76. The Labute approximate surface area is 172 Å². The van der Waals surface area contributed by atoms with Gasteiger partial charge in [0.25, 0.3) is 5.91 Å². The molecule has 1 aliphatic rings. The van der Waals surface area contributed by atoms with Crippen LogP contribution in [0, 0.1) is 11.8 Å². The van der Waals surface area contributed by atoms with E-state index in [1.807, 2.05) is 54.6 Å². The number of nitrogens with zero attached hydrogens (tertiary/aromatic N) is 1. The van der Waals surface area contributed by atoms with Crippen LogP contribution >= 0.6 is 0 Å². The lowest BCUT2D eigenvalue weighted by atomic mass is 9.78. The molecule has 1 saturated carbocycles. The van der Waals surface area contributed by atoms with E-state index in [9.17, 15) is 4.79 Å². The van der Waals surface area contributed by atoms with Crippen LogP contribution in [-0.2, 0) is 0 Å². The Morgan fingerprint density at radius 3 is 2.59 bits per heavy atom. The molecular formula is C25H28N2O2. The SMILES string of the molecule is COc1ccc(-c2cc(C(=O)NC3CCCC(C)C3C)c3ccccc3n2)cc1.